The van der Waals surface area contributed by atoms with Gasteiger partial charge in [0.15, 0.2) is 0 Å². The van der Waals surface area contributed by atoms with Gasteiger partial charge in [-0.3, -0.25) is 9.59 Å². The van der Waals surface area contributed by atoms with E-state index in [4.69, 9.17) is 14.2 Å². The molecule has 2 heterocycles. The molecule has 7 nitrogen and oxygen atoms in total. The molecule has 5 rings (SSSR count). The number of aromatic nitrogens is 1. The van der Waals surface area contributed by atoms with Crippen LogP contribution in [0.5, 0.6) is 17.2 Å². The number of benzene rings is 3. The van der Waals surface area contributed by atoms with Crippen LogP contribution in [-0.2, 0) is 6.54 Å². The van der Waals surface area contributed by atoms with Crippen molar-refractivity contribution in [3.05, 3.63) is 82.6 Å². The zero-order valence-electron chi connectivity index (χ0n) is 18.3. The average Bonchev–Trinajstić information content (AvgIpc) is 2.86. The van der Waals surface area contributed by atoms with E-state index in [1.165, 1.54) is 7.11 Å². The Morgan fingerprint density at radius 3 is 2.64 bits per heavy atom. The van der Waals surface area contributed by atoms with Crippen molar-refractivity contribution in [3.63, 3.8) is 0 Å². The van der Waals surface area contributed by atoms with Crippen molar-refractivity contribution < 1.29 is 19.0 Å². The summed E-state index contributed by atoms with van der Waals surface area (Å²) in [5, 5.41) is 3.62. The lowest BCUT2D eigenvalue weighted by molar-refractivity contribution is 0.102. The molecule has 1 amide bonds. The van der Waals surface area contributed by atoms with E-state index in [2.05, 4.69) is 5.32 Å². The van der Waals surface area contributed by atoms with E-state index < -0.39 is 5.91 Å². The maximum absolute atomic E-state index is 13.7. The molecule has 33 heavy (non-hydrogen) atoms. The molecular weight excluding hydrogens is 420 g/mol. The number of ether oxygens (including phenoxy) is 3. The van der Waals surface area contributed by atoms with Gasteiger partial charge in [-0.15, -0.1) is 0 Å². The van der Waals surface area contributed by atoms with Crippen LogP contribution in [0, 0.1) is 0 Å². The second-order valence-electron chi connectivity index (χ2n) is 7.59. The molecule has 0 bridgehead atoms. The molecule has 0 aliphatic carbocycles. The minimum Gasteiger partial charge on any atom is -0.497 e. The van der Waals surface area contributed by atoms with Crippen molar-refractivity contribution in [3.8, 4) is 28.4 Å². The molecule has 0 saturated heterocycles. The summed E-state index contributed by atoms with van der Waals surface area (Å²) >= 11 is 0. The molecule has 1 N–H and O–H groups in total. The molecule has 0 atom stereocenters. The van der Waals surface area contributed by atoms with Gasteiger partial charge in [-0.05, 0) is 35.9 Å². The van der Waals surface area contributed by atoms with Crippen molar-refractivity contribution >= 4 is 22.5 Å². The van der Waals surface area contributed by atoms with Crippen LogP contribution in [0.3, 0.4) is 0 Å². The van der Waals surface area contributed by atoms with Gasteiger partial charge < -0.3 is 24.1 Å². The van der Waals surface area contributed by atoms with Crippen LogP contribution < -0.4 is 25.1 Å². The van der Waals surface area contributed by atoms with E-state index in [-0.39, 0.29) is 11.1 Å². The molecule has 3 aromatic carbocycles. The SMILES string of the molecule is COc1cccc(-c2c(C(=O)Nc3ccccc3OC)c(=O)n3c4c(cccc24)OCC3)c1. The maximum Gasteiger partial charge on any atom is 0.264 e. The number of nitrogens with zero attached hydrogens (tertiary/aromatic N) is 1. The highest BCUT2D eigenvalue weighted by molar-refractivity contribution is 6.14. The molecule has 1 aliphatic rings. The number of rotatable bonds is 5. The molecule has 4 aromatic rings. The van der Waals surface area contributed by atoms with Gasteiger partial charge >= 0.3 is 0 Å². The van der Waals surface area contributed by atoms with E-state index in [9.17, 15) is 9.59 Å². The number of amides is 1. The fraction of sp³-hybridized carbons (Fsp3) is 0.154. The van der Waals surface area contributed by atoms with Gasteiger partial charge in [0.05, 0.1) is 32.0 Å². The summed E-state index contributed by atoms with van der Waals surface area (Å²) in [6.45, 7) is 0.720. The summed E-state index contributed by atoms with van der Waals surface area (Å²) in [7, 11) is 3.11. The Bertz CT molecular complexity index is 1440. The van der Waals surface area contributed by atoms with E-state index >= 15 is 0 Å². The van der Waals surface area contributed by atoms with Gasteiger partial charge in [-0.2, -0.15) is 0 Å². The second-order valence-corrected chi connectivity index (χ2v) is 7.59. The molecule has 7 heteroatoms. The Kier molecular flexibility index (Phi) is 5.22. The molecule has 0 unspecified atom stereocenters. The van der Waals surface area contributed by atoms with Gasteiger partial charge in [-0.1, -0.05) is 36.4 Å². The number of carbonyl (C=O) groups excluding carboxylic acids is 1. The third-order valence-electron chi connectivity index (χ3n) is 5.76. The van der Waals surface area contributed by atoms with Crippen LogP contribution in [0.15, 0.2) is 71.5 Å². The van der Waals surface area contributed by atoms with E-state index in [1.807, 2.05) is 48.5 Å². The highest BCUT2D eigenvalue weighted by Gasteiger charge is 2.27. The second kappa shape index (κ2) is 8.35. The van der Waals surface area contributed by atoms with Crippen molar-refractivity contribution in [1.82, 2.24) is 4.57 Å². The molecular formula is C26H22N2O5. The lowest BCUT2D eigenvalue weighted by Crippen LogP contribution is -2.34. The standard InChI is InChI=1S/C26H22N2O5/c1-31-17-8-5-7-16(15-17)22-18-9-6-12-21-24(18)28(13-14-33-21)26(30)23(22)25(29)27-19-10-3-4-11-20(19)32-2/h3-12,15H,13-14H2,1-2H3,(H,27,29). The molecule has 0 spiro atoms. The molecule has 166 valence electrons. The van der Waals surface area contributed by atoms with Crippen LogP contribution in [-0.4, -0.2) is 31.3 Å². The lowest BCUT2D eigenvalue weighted by Gasteiger charge is -2.24. The minimum absolute atomic E-state index is 0.0562. The van der Waals surface area contributed by atoms with E-state index in [1.54, 1.807) is 29.9 Å². The van der Waals surface area contributed by atoms with Gasteiger partial charge in [-0.25, -0.2) is 0 Å². The monoisotopic (exact) mass is 442 g/mol. The first-order chi connectivity index (χ1) is 16.1. The summed E-state index contributed by atoms with van der Waals surface area (Å²) in [5.74, 6) is 1.24. The number of pyridine rings is 1. The number of carbonyl (C=O) groups is 1. The molecule has 0 fully saturated rings. The molecule has 1 aromatic heterocycles. The summed E-state index contributed by atoms with van der Waals surface area (Å²) in [5.41, 5.74) is 2.08. The summed E-state index contributed by atoms with van der Waals surface area (Å²) in [6.07, 6.45) is 0. The average molecular weight is 442 g/mol. The number of para-hydroxylation sites is 3. The van der Waals surface area contributed by atoms with Crippen molar-refractivity contribution in [1.29, 1.82) is 0 Å². The third kappa shape index (κ3) is 3.47. The number of anilines is 1. The number of methoxy groups -OCH3 is 2. The molecule has 0 radical (unpaired) electrons. The van der Waals surface area contributed by atoms with Crippen molar-refractivity contribution in [2.24, 2.45) is 0 Å². The zero-order valence-corrected chi connectivity index (χ0v) is 18.3. The van der Waals surface area contributed by atoms with Crippen molar-refractivity contribution in [2.75, 3.05) is 26.1 Å². The maximum atomic E-state index is 13.7. The van der Waals surface area contributed by atoms with Crippen LogP contribution in [0.4, 0.5) is 5.69 Å². The van der Waals surface area contributed by atoms with Crippen molar-refractivity contribution in [2.45, 2.75) is 6.54 Å². The van der Waals surface area contributed by atoms with Crippen LogP contribution in [0.1, 0.15) is 10.4 Å². The van der Waals surface area contributed by atoms with Gasteiger partial charge in [0.2, 0.25) is 0 Å². The minimum atomic E-state index is -0.509. The normalized spacial score (nSPS) is 12.2. The van der Waals surface area contributed by atoms with E-state index in [0.29, 0.717) is 52.7 Å². The number of hydrogen-bond donors (Lipinski definition) is 1. The quantitative estimate of drug-likeness (QED) is 0.498. The first-order valence-electron chi connectivity index (χ1n) is 10.5. The fourth-order valence-corrected chi connectivity index (χ4v) is 4.28. The predicted molar refractivity (Wildman–Crippen MR) is 127 cm³/mol. The smallest absolute Gasteiger partial charge is 0.264 e. The summed E-state index contributed by atoms with van der Waals surface area (Å²) in [6, 6.07) is 20.0. The number of nitrogens with one attached hydrogen (secondary N) is 1. The topological polar surface area (TPSA) is 78.8 Å². The van der Waals surface area contributed by atoms with Gasteiger partial charge in [0.1, 0.15) is 29.4 Å². The highest BCUT2D eigenvalue weighted by atomic mass is 16.5. The number of hydrogen-bond acceptors (Lipinski definition) is 5. The van der Waals surface area contributed by atoms with E-state index in [0.717, 1.165) is 5.39 Å². The zero-order chi connectivity index (χ0) is 22.9. The van der Waals surface area contributed by atoms with Crippen LogP contribution in [0.2, 0.25) is 0 Å². The Labute approximate surface area is 190 Å². The Hall–Kier alpha value is -4.26. The van der Waals surface area contributed by atoms with Crippen LogP contribution >= 0.6 is 0 Å². The largest absolute Gasteiger partial charge is 0.497 e. The molecule has 1 aliphatic heterocycles. The Balaban J connectivity index is 1.80. The summed E-state index contributed by atoms with van der Waals surface area (Å²) in [4.78, 5) is 27.3. The summed E-state index contributed by atoms with van der Waals surface area (Å²) < 4.78 is 18.2. The highest BCUT2D eigenvalue weighted by Crippen LogP contribution is 2.37. The first kappa shape index (κ1) is 20.6. The Morgan fingerprint density at radius 2 is 1.82 bits per heavy atom. The fourth-order valence-electron chi connectivity index (χ4n) is 4.28. The first-order valence-corrected chi connectivity index (χ1v) is 10.5. The molecule has 0 saturated carbocycles. The van der Waals surface area contributed by atoms with Crippen LogP contribution in [0.25, 0.3) is 22.0 Å². The van der Waals surface area contributed by atoms with Gasteiger partial charge in [0.25, 0.3) is 11.5 Å². The predicted octanol–water partition coefficient (Wildman–Crippen LogP) is 4.33. The van der Waals surface area contributed by atoms with Gasteiger partial charge in [0, 0.05) is 10.9 Å². The third-order valence-corrected chi connectivity index (χ3v) is 5.76. The lowest BCUT2D eigenvalue weighted by atomic mass is 9.94. The Morgan fingerprint density at radius 1 is 1.00 bits per heavy atom.